The molecule has 8 heteroatoms. The molecule has 0 unspecified atom stereocenters. The minimum atomic E-state index is -0.765. The van der Waals surface area contributed by atoms with Crippen molar-refractivity contribution in [3.8, 4) is 0 Å². The normalized spacial score (nSPS) is 32.6. The zero-order valence-electron chi connectivity index (χ0n) is 19.7. The molecule has 3 aliphatic rings. The molecule has 5 rings (SSSR count). The second kappa shape index (κ2) is 9.73. The first-order chi connectivity index (χ1) is 16.4. The van der Waals surface area contributed by atoms with Gasteiger partial charge in [0, 0.05) is 13.0 Å². The Hall–Kier alpha value is -2.33. The van der Waals surface area contributed by atoms with Crippen molar-refractivity contribution in [3.05, 3.63) is 71.8 Å². The average molecular weight is 470 g/mol. The smallest absolute Gasteiger partial charge is 0.337 e. The molecular formula is C26H31NO7. The van der Waals surface area contributed by atoms with Gasteiger partial charge in [0.2, 0.25) is 0 Å². The van der Waals surface area contributed by atoms with E-state index in [1.807, 2.05) is 79.6 Å². The third kappa shape index (κ3) is 4.88. The van der Waals surface area contributed by atoms with E-state index in [2.05, 4.69) is 0 Å². The highest BCUT2D eigenvalue weighted by molar-refractivity contribution is 5.74. The van der Waals surface area contributed by atoms with E-state index in [1.165, 1.54) is 7.11 Å². The Bertz CT molecular complexity index is 970. The number of fused-ring (bicyclic) bond motifs is 1. The summed E-state index contributed by atoms with van der Waals surface area (Å²) in [6.45, 7) is 4.63. The summed E-state index contributed by atoms with van der Waals surface area (Å²) < 4.78 is 30.0. The Labute approximate surface area is 199 Å². The van der Waals surface area contributed by atoms with Gasteiger partial charge in [-0.25, -0.2) is 4.79 Å². The molecule has 0 N–H and O–H groups in total. The zero-order valence-corrected chi connectivity index (χ0v) is 19.7. The van der Waals surface area contributed by atoms with Crippen LogP contribution in [-0.2, 0) is 46.5 Å². The number of hydrogen-bond acceptors (Lipinski definition) is 8. The number of benzene rings is 2. The quantitative estimate of drug-likeness (QED) is 0.573. The Morgan fingerprint density at radius 2 is 1.68 bits per heavy atom. The molecule has 0 bridgehead atoms. The predicted molar refractivity (Wildman–Crippen MR) is 121 cm³/mol. The van der Waals surface area contributed by atoms with Crippen molar-refractivity contribution in [2.45, 2.75) is 76.0 Å². The molecule has 8 nitrogen and oxygen atoms in total. The van der Waals surface area contributed by atoms with Gasteiger partial charge in [0.1, 0.15) is 18.3 Å². The molecule has 0 aromatic heterocycles. The van der Waals surface area contributed by atoms with Gasteiger partial charge in [-0.1, -0.05) is 60.7 Å². The van der Waals surface area contributed by atoms with Crippen LogP contribution in [0.4, 0.5) is 0 Å². The van der Waals surface area contributed by atoms with E-state index in [1.54, 1.807) is 0 Å². The number of methoxy groups -OCH3 is 1. The SMILES string of the molecule is COC(=O)[C@H]1C[C@@H]([C@H]2O[C@@H]3OC(C)(C)O[C@@H]3[C@@H]2OCc2ccccc2)N(Cc2ccccc2)O1. The van der Waals surface area contributed by atoms with E-state index >= 15 is 0 Å². The molecule has 3 saturated heterocycles. The van der Waals surface area contributed by atoms with E-state index in [0.717, 1.165) is 11.1 Å². The van der Waals surface area contributed by atoms with Crippen LogP contribution in [0.1, 0.15) is 31.4 Å². The summed E-state index contributed by atoms with van der Waals surface area (Å²) in [4.78, 5) is 18.4. The first-order valence-electron chi connectivity index (χ1n) is 11.7. The summed E-state index contributed by atoms with van der Waals surface area (Å²) in [5, 5.41) is 1.81. The minimum Gasteiger partial charge on any atom is -0.467 e. The lowest BCUT2D eigenvalue weighted by atomic mass is 9.98. The number of hydrogen-bond donors (Lipinski definition) is 0. The van der Waals surface area contributed by atoms with Gasteiger partial charge in [-0.2, -0.15) is 5.06 Å². The maximum absolute atomic E-state index is 12.4. The molecule has 0 radical (unpaired) electrons. The molecule has 182 valence electrons. The van der Waals surface area contributed by atoms with E-state index in [9.17, 15) is 4.79 Å². The molecule has 3 heterocycles. The van der Waals surface area contributed by atoms with Crippen molar-refractivity contribution < 1.29 is 33.3 Å². The third-order valence-corrected chi connectivity index (χ3v) is 6.42. The van der Waals surface area contributed by atoms with Crippen LogP contribution in [-0.4, -0.2) is 60.7 Å². The zero-order chi connectivity index (χ0) is 23.7. The molecule has 0 aliphatic carbocycles. The molecule has 0 amide bonds. The van der Waals surface area contributed by atoms with Crippen LogP contribution in [0.2, 0.25) is 0 Å². The minimum absolute atomic E-state index is 0.258. The van der Waals surface area contributed by atoms with Crippen molar-refractivity contribution in [2.24, 2.45) is 0 Å². The summed E-state index contributed by atoms with van der Waals surface area (Å²) >= 11 is 0. The summed E-state index contributed by atoms with van der Waals surface area (Å²) in [7, 11) is 1.37. The number of esters is 1. The van der Waals surface area contributed by atoms with Gasteiger partial charge in [-0.15, -0.1) is 0 Å². The van der Waals surface area contributed by atoms with E-state index in [4.69, 9.17) is 28.5 Å². The second-order valence-corrected chi connectivity index (χ2v) is 9.31. The lowest BCUT2D eigenvalue weighted by Gasteiger charge is -2.32. The van der Waals surface area contributed by atoms with E-state index < -0.39 is 36.4 Å². The van der Waals surface area contributed by atoms with Gasteiger partial charge in [-0.3, -0.25) is 4.84 Å². The fourth-order valence-electron chi connectivity index (χ4n) is 4.88. The average Bonchev–Trinajstić information content (AvgIpc) is 3.48. The van der Waals surface area contributed by atoms with Crippen molar-refractivity contribution in [1.29, 1.82) is 0 Å². The van der Waals surface area contributed by atoms with Crippen LogP contribution in [0.15, 0.2) is 60.7 Å². The maximum Gasteiger partial charge on any atom is 0.337 e. The standard InChI is InChI=1S/C26H31NO7/c1-26(2)32-23-22(30-16-18-12-8-5-9-13-18)21(31-25(23)33-26)19-14-20(24(28)29-3)34-27(19)15-17-10-6-4-7-11-17/h4-13,19-23,25H,14-16H2,1-3H3/t19-,20+,21+,22+,23+,25+/m0/s1. The van der Waals surface area contributed by atoms with Crippen LogP contribution >= 0.6 is 0 Å². The van der Waals surface area contributed by atoms with Crippen molar-refractivity contribution >= 4 is 5.97 Å². The summed E-state index contributed by atoms with van der Waals surface area (Å²) in [5.74, 6) is -1.17. The van der Waals surface area contributed by atoms with Gasteiger partial charge in [0.25, 0.3) is 0 Å². The fraction of sp³-hybridized carbons (Fsp3) is 0.500. The van der Waals surface area contributed by atoms with Gasteiger partial charge in [-0.05, 0) is 25.0 Å². The van der Waals surface area contributed by atoms with Gasteiger partial charge in [0.15, 0.2) is 18.2 Å². The van der Waals surface area contributed by atoms with Crippen LogP contribution in [0.3, 0.4) is 0 Å². The third-order valence-electron chi connectivity index (χ3n) is 6.42. The van der Waals surface area contributed by atoms with Crippen molar-refractivity contribution in [1.82, 2.24) is 5.06 Å². The first-order valence-corrected chi connectivity index (χ1v) is 11.7. The summed E-state index contributed by atoms with van der Waals surface area (Å²) in [6.07, 6.45) is -2.08. The lowest BCUT2D eigenvalue weighted by molar-refractivity contribution is -0.242. The molecule has 6 atom stereocenters. The molecule has 0 spiro atoms. The highest BCUT2D eigenvalue weighted by atomic mass is 16.8. The largest absolute Gasteiger partial charge is 0.467 e. The highest BCUT2D eigenvalue weighted by Gasteiger charge is 2.59. The highest BCUT2D eigenvalue weighted by Crippen LogP contribution is 2.43. The molecule has 0 saturated carbocycles. The number of nitrogens with zero attached hydrogens (tertiary/aromatic N) is 1. The summed E-state index contributed by atoms with van der Waals surface area (Å²) in [5.41, 5.74) is 2.12. The van der Waals surface area contributed by atoms with Gasteiger partial charge < -0.3 is 23.7 Å². The fourth-order valence-corrected chi connectivity index (χ4v) is 4.88. The maximum atomic E-state index is 12.4. The topological polar surface area (TPSA) is 75.7 Å². The van der Waals surface area contributed by atoms with Gasteiger partial charge in [0.05, 0.1) is 19.8 Å². The molecule has 34 heavy (non-hydrogen) atoms. The molecule has 2 aromatic rings. The monoisotopic (exact) mass is 469 g/mol. The molecule has 2 aromatic carbocycles. The van der Waals surface area contributed by atoms with Crippen molar-refractivity contribution in [2.75, 3.05) is 7.11 Å². The van der Waals surface area contributed by atoms with Crippen LogP contribution in [0.25, 0.3) is 0 Å². The Kier molecular flexibility index (Phi) is 6.70. The van der Waals surface area contributed by atoms with Crippen molar-refractivity contribution in [3.63, 3.8) is 0 Å². The van der Waals surface area contributed by atoms with Crippen LogP contribution in [0.5, 0.6) is 0 Å². The summed E-state index contributed by atoms with van der Waals surface area (Å²) in [6, 6.07) is 19.7. The number of ether oxygens (including phenoxy) is 5. The van der Waals surface area contributed by atoms with Crippen LogP contribution in [0, 0.1) is 0 Å². The number of hydroxylamine groups is 2. The number of rotatable bonds is 7. The molecule has 3 aliphatic heterocycles. The number of carbonyl (C=O) groups excluding carboxylic acids is 1. The van der Waals surface area contributed by atoms with E-state index in [0.29, 0.717) is 19.6 Å². The molecule has 3 fully saturated rings. The lowest BCUT2D eigenvalue weighted by Crippen LogP contribution is -2.47. The second-order valence-electron chi connectivity index (χ2n) is 9.31. The van der Waals surface area contributed by atoms with Gasteiger partial charge >= 0.3 is 5.97 Å². The Morgan fingerprint density at radius 3 is 2.35 bits per heavy atom. The number of carbonyl (C=O) groups is 1. The van der Waals surface area contributed by atoms with E-state index in [-0.39, 0.29) is 12.1 Å². The Morgan fingerprint density at radius 1 is 1.00 bits per heavy atom. The van der Waals surface area contributed by atoms with Crippen LogP contribution < -0.4 is 0 Å². The predicted octanol–water partition coefficient (Wildman–Crippen LogP) is 3.20. The molecular weight excluding hydrogens is 438 g/mol. The first kappa shape index (κ1) is 23.4. The Balaban J connectivity index is 1.39.